The normalized spacial score (nSPS) is 11.5. The highest BCUT2D eigenvalue weighted by atomic mass is 28.3. The van der Waals surface area contributed by atoms with Crippen molar-refractivity contribution in [2.45, 2.75) is 46.5 Å². The van der Waals surface area contributed by atoms with E-state index in [1.165, 1.54) is 6.92 Å². The highest BCUT2D eigenvalue weighted by Crippen LogP contribution is 2.22. The van der Waals surface area contributed by atoms with Gasteiger partial charge in [0, 0.05) is 23.6 Å². The van der Waals surface area contributed by atoms with Gasteiger partial charge in [-0.05, 0) is 31.0 Å². The average molecular weight is 375 g/mol. The van der Waals surface area contributed by atoms with Gasteiger partial charge >= 0.3 is 5.97 Å². The lowest BCUT2D eigenvalue weighted by molar-refractivity contribution is -0.144. The molecule has 0 heterocycles. The van der Waals surface area contributed by atoms with Crippen LogP contribution in [0.4, 0.5) is 0 Å². The highest BCUT2D eigenvalue weighted by molar-refractivity contribution is 6.83. The molecule has 0 aliphatic heterocycles. The van der Waals surface area contributed by atoms with Crippen molar-refractivity contribution in [2.75, 3.05) is 0 Å². The van der Waals surface area contributed by atoms with Gasteiger partial charge in [-0.3, -0.25) is 4.79 Å². The zero-order valence-corrected chi connectivity index (χ0v) is 17.9. The van der Waals surface area contributed by atoms with Crippen LogP contribution in [-0.4, -0.2) is 14.0 Å². The Kier molecular flexibility index (Phi) is 6.67. The van der Waals surface area contributed by atoms with E-state index in [1.54, 1.807) is 0 Å². The van der Waals surface area contributed by atoms with Crippen molar-refractivity contribution in [3.8, 4) is 23.3 Å². The fourth-order valence-electron chi connectivity index (χ4n) is 2.60. The van der Waals surface area contributed by atoms with Crippen LogP contribution in [0, 0.1) is 37.2 Å². The fraction of sp³-hybridized carbons (Fsp3) is 0.292. The van der Waals surface area contributed by atoms with Gasteiger partial charge in [0.1, 0.15) is 8.07 Å². The predicted molar refractivity (Wildman–Crippen MR) is 114 cm³/mol. The van der Waals surface area contributed by atoms with Crippen LogP contribution in [0.1, 0.15) is 40.8 Å². The summed E-state index contributed by atoms with van der Waals surface area (Å²) in [5.74, 6) is 9.38. The summed E-state index contributed by atoms with van der Waals surface area (Å²) in [5.41, 5.74) is 8.30. The van der Waals surface area contributed by atoms with Crippen LogP contribution in [0.2, 0.25) is 19.6 Å². The van der Waals surface area contributed by atoms with Crippen LogP contribution in [0.25, 0.3) is 0 Å². The number of hydrogen-bond donors (Lipinski definition) is 0. The first kappa shape index (κ1) is 20.6. The second-order valence-electron chi connectivity index (χ2n) is 7.61. The molecule has 0 aromatic heterocycles. The third-order valence-electron chi connectivity index (χ3n) is 3.91. The van der Waals surface area contributed by atoms with Crippen molar-refractivity contribution in [1.29, 1.82) is 0 Å². The summed E-state index contributed by atoms with van der Waals surface area (Å²) in [5, 5.41) is 0. The summed E-state index contributed by atoms with van der Waals surface area (Å²) in [6.45, 7) is 12.0. The lowest BCUT2D eigenvalue weighted by atomic mass is 10.0. The zero-order chi connectivity index (χ0) is 20.0. The molecule has 0 saturated carbocycles. The molecule has 0 N–H and O–H groups in total. The molecule has 0 saturated heterocycles. The maximum Gasteiger partial charge on any atom is 0.304 e. The fourth-order valence-corrected chi connectivity index (χ4v) is 3.16. The van der Waals surface area contributed by atoms with Crippen LogP contribution in [-0.2, 0) is 9.53 Å². The highest BCUT2D eigenvalue weighted by Gasteiger charge is 2.17. The van der Waals surface area contributed by atoms with Gasteiger partial charge in [0.25, 0.3) is 0 Å². The van der Waals surface area contributed by atoms with Gasteiger partial charge in [0.2, 0.25) is 0 Å². The van der Waals surface area contributed by atoms with E-state index in [0.717, 1.165) is 27.8 Å². The summed E-state index contributed by atoms with van der Waals surface area (Å²) in [4.78, 5) is 11.6. The number of hydrogen-bond acceptors (Lipinski definition) is 2. The van der Waals surface area contributed by atoms with Gasteiger partial charge in [0.05, 0.1) is 0 Å². The maximum atomic E-state index is 11.6. The number of esters is 1. The third kappa shape index (κ3) is 6.17. The molecule has 0 fully saturated rings. The standard InChI is InChI=1S/C24H26O2Si/c1-18-10-9-11-19(2)22(18)15-14-21-12-7-8-13-23(21)24(26-20(3)25)16-17-27(4,5)6/h7-13,24H,1-6H3. The Bertz CT molecular complexity index is 939. The first-order chi connectivity index (χ1) is 12.7. The first-order valence-electron chi connectivity index (χ1n) is 9.04. The van der Waals surface area contributed by atoms with E-state index in [4.69, 9.17) is 4.74 Å². The van der Waals surface area contributed by atoms with E-state index >= 15 is 0 Å². The third-order valence-corrected chi connectivity index (χ3v) is 4.80. The van der Waals surface area contributed by atoms with Gasteiger partial charge in [-0.1, -0.05) is 73.8 Å². The minimum atomic E-state index is -1.60. The van der Waals surface area contributed by atoms with Crippen LogP contribution >= 0.6 is 0 Å². The molecular formula is C24H26O2Si. The molecule has 2 aromatic rings. The molecule has 27 heavy (non-hydrogen) atoms. The Balaban J connectivity index is 2.51. The van der Waals surface area contributed by atoms with Crippen LogP contribution in [0.5, 0.6) is 0 Å². The average Bonchev–Trinajstić information content (AvgIpc) is 2.57. The largest absolute Gasteiger partial charge is 0.444 e. The van der Waals surface area contributed by atoms with E-state index in [0.29, 0.717) is 0 Å². The molecule has 2 nitrogen and oxygen atoms in total. The SMILES string of the molecule is CC(=O)OC(C#C[Si](C)(C)C)c1ccccc1C#Cc1c(C)cccc1C. The Morgan fingerprint density at radius 1 is 0.963 bits per heavy atom. The van der Waals surface area contributed by atoms with Crippen molar-refractivity contribution in [1.82, 2.24) is 0 Å². The minimum Gasteiger partial charge on any atom is -0.444 e. The van der Waals surface area contributed by atoms with Crippen molar-refractivity contribution in [3.05, 3.63) is 70.3 Å². The maximum absolute atomic E-state index is 11.6. The summed E-state index contributed by atoms with van der Waals surface area (Å²) in [7, 11) is -1.60. The van der Waals surface area contributed by atoms with E-state index in [9.17, 15) is 4.79 Å². The monoisotopic (exact) mass is 374 g/mol. The van der Waals surface area contributed by atoms with Crippen molar-refractivity contribution < 1.29 is 9.53 Å². The molecule has 0 amide bonds. The number of carbonyl (C=O) groups is 1. The van der Waals surface area contributed by atoms with Gasteiger partial charge < -0.3 is 4.74 Å². The second-order valence-corrected chi connectivity index (χ2v) is 12.4. The molecule has 0 spiro atoms. The molecular weight excluding hydrogens is 348 g/mol. The number of aryl methyl sites for hydroxylation is 2. The molecule has 0 aliphatic carbocycles. The van der Waals surface area contributed by atoms with E-state index in [1.807, 2.05) is 30.3 Å². The van der Waals surface area contributed by atoms with Crippen LogP contribution in [0.3, 0.4) is 0 Å². The minimum absolute atomic E-state index is 0.345. The van der Waals surface area contributed by atoms with Gasteiger partial charge in [0.15, 0.2) is 6.10 Å². The molecule has 0 aliphatic rings. The number of ether oxygens (including phenoxy) is 1. The van der Waals surface area contributed by atoms with Crippen molar-refractivity contribution >= 4 is 14.0 Å². The molecule has 3 heteroatoms. The molecule has 2 rings (SSSR count). The summed E-state index contributed by atoms with van der Waals surface area (Å²) in [6, 6.07) is 13.9. The summed E-state index contributed by atoms with van der Waals surface area (Å²) in [6.07, 6.45) is -0.599. The molecule has 0 radical (unpaired) electrons. The van der Waals surface area contributed by atoms with Crippen LogP contribution < -0.4 is 0 Å². The lowest BCUT2D eigenvalue weighted by Crippen LogP contribution is -2.18. The van der Waals surface area contributed by atoms with Crippen molar-refractivity contribution in [2.24, 2.45) is 0 Å². The molecule has 1 unspecified atom stereocenters. The number of carbonyl (C=O) groups excluding carboxylic acids is 1. The Hall–Kier alpha value is -2.75. The van der Waals surface area contributed by atoms with Gasteiger partial charge in [-0.2, -0.15) is 0 Å². The van der Waals surface area contributed by atoms with Crippen LogP contribution in [0.15, 0.2) is 42.5 Å². The predicted octanol–water partition coefficient (Wildman–Crippen LogP) is 5.19. The first-order valence-corrected chi connectivity index (χ1v) is 12.5. The van der Waals surface area contributed by atoms with E-state index < -0.39 is 14.2 Å². The molecule has 1 atom stereocenters. The van der Waals surface area contributed by atoms with Crippen molar-refractivity contribution in [3.63, 3.8) is 0 Å². The quantitative estimate of drug-likeness (QED) is 0.411. The van der Waals surface area contributed by atoms with Gasteiger partial charge in [-0.15, -0.1) is 5.54 Å². The summed E-state index contributed by atoms with van der Waals surface area (Å²) < 4.78 is 5.51. The van der Waals surface area contributed by atoms with E-state index in [-0.39, 0.29) is 5.97 Å². The zero-order valence-electron chi connectivity index (χ0n) is 16.9. The number of rotatable bonds is 2. The second kappa shape index (κ2) is 8.76. The van der Waals surface area contributed by atoms with Gasteiger partial charge in [-0.25, -0.2) is 0 Å². The molecule has 138 valence electrons. The topological polar surface area (TPSA) is 26.3 Å². The van der Waals surface area contributed by atoms with E-state index in [2.05, 4.69) is 68.9 Å². The Morgan fingerprint density at radius 3 is 2.19 bits per heavy atom. The Labute approximate surface area is 164 Å². The number of benzene rings is 2. The smallest absolute Gasteiger partial charge is 0.304 e. The Morgan fingerprint density at radius 2 is 1.59 bits per heavy atom. The summed E-state index contributed by atoms with van der Waals surface area (Å²) >= 11 is 0. The molecule has 0 bridgehead atoms. The lowest BCUT2D eigenvalue weighted by Gasteiger charge is -2.14. The molecule has 2 aromatic carbocycles.